The molecule has 0 aromatic carbocycles. The summed E-state index contributed by atoms with van der Waals surface area (Å²) in [5, 5.41) is 9.86. The summed E-state index contributed by atoms with van der Waals surface area (Å²) in [4.78, 5) is 17.4. The SMILES string of the molecule is CC(C)(C)c1nsc(N2CCC[C@H]2C(=O)O)n1. The van der Waals surface area contributed by atoms with E-state index in [0.717, 1.165) is 23.9 Å². The zero-order valence-corrected chi connectivity index (χ0v) is 11.1. The lowest BCUT2D eigenvalue weighted by Crippen LogP contribution is -2.35. The molecule has 0 unspecified atom stereocenters. The molecule has 1 fully saturated rings. The normalized spacial score (nSPS) is 20.9. The Bertz CT molecular complexity index is 425. The van der Waals surface area contributed by atoms with Crippen LogP contribution in [0.25, 0.3) is 0 Å². The van der Waals surface area contributed by atoms with Crippen molar-refractivity contribution in [3.05, 3.63) is 5.82 Å². The first-order chi connectivity index (χ1) is 7.89. The van der Waals surface area contributed by atoms with Crippen LogP contribution in [-0.4, -0.2) is 33.0 Å². The van der Waals surface area contributed by atoms with Gasteiger partial charge in [0.1, 0.15) is 11.9 Å². The van der Waals surface area contributed by atoms with Crippen molar-refractivity contribution >= 4 is 22.6 Å². The van der Waals surface area contributed by atoms with Gasteiger partial charge in [0.05, 0.1) is 0 Å². The Kier molecular flexibility index (Phi) is 3.07. The molecule has 1 saturated heterocycles. The molecule has 0 amide bonds. The second kappa shape index (κ2) is 4.25. The molecule has 1 aliphatic heterocycles. The maximum Gasteiger partial charge on any atom is 0.326 e. The molecule has 1 aliphatic rings. The average Bonchev–Trinajstić information content (AvgIpc) is 2.85. The van der Waals surface area contributed by atoms with E-state index in [1.54, 1.807) is 0 Å². The lowest BCUT2D eigenvalue weighted by Gasteiger charge is -2.19. The summed E-state index contributed by atoms with van der Waals surface area (Å²) in [5.74, 6) is 0.0172. The summed E-state index contributed by atoms with van der Waals surface area (Å²) in [6.45, 7) is 6.92. The van der Waals surface area contributed by atoms with Crippen LogP contribution in [-0.2, 0) is 10.2 Å². The van der Waals surface area contributed by atoms with Gasteiger partial charge in [-0.25, -0.2) is 9.78 Å². The number of aliphatic carboxylic acids is 1. The number of hydrogen-bond acceptors (Lipinski definition) is 5. The zero-order chi connectivity index (χ0) is 12.6. The summed E-state index contributed by atoms with van der Waals surface area (Å²) in [6, 6.07) is -0.434. The molecular formula is C11H17N3O2S. The van der Waals surface area contributed by atoms with Gasteiger partial charge in [-0.15, -0.1) is 0 Å². The fraction of sp³-hybridized carbons (Fsp3) is 0.727. The van der Waals surface area contributed by atoms with E-state index >= 15 is 0 Å². The molecule has 1 atom stereocenters. The molecular weight excluding hydrogens is 238 g/mol. The highest BCUT2D eigenvalue weighted by Crippen LogP contribution is 2.30. The summed E-state index contributed by atoms with van der Waals surface area (Å²) < 4.78 is 4.32. The van der Waals surface area contributed by atoms with Crippen molar-refractivity contribution in [2.45, 2.75) is 45.1 Å². The van der Waals surface area contributed by atoms with Crippen LogP contribution in [0.3, 0.4) is 0 Å². The van der Waals surface area contributed by atoms with Crippen LogP contribution in [0.15, 0.2) is 0 Å². The van der Waals surface area contributed by atoms with Gasteiger partial charge in [-0.2, -0.15) is 4.37 Å². The van der Waals surface area contributed by atoms with Crippen LogP contribution in [0.5, 0.6) is 0 Å². The van der Waals surface area contributed by atoms with Crippen LogP contribution in [0.4, 0.5) is 5.13 Å². The third kappa shape index (κ3) is 2.41. The minimum absolute atomic E-state index is 0.0901. The van der Waals surface area contributed by atoms with Gasteiger partial charge in [-0.1, -0.05) is 20.8 Å². The first-order valence-electron chi connectivity index (χ1n) is 5.73. The molecule has 1 aromatic rings. The smallest absolute Gasteiger partial charge is 0.326 e. The van der Waals surface area contributed by atoms with Crippen molar-refractivity contribution in [3.8, 4) is 0 Å². The molecule has 0 spiro atoms. The Balaban J connectivity index is 2.23. The van der Waals surface area contributed by atoms with Gasteiger partial charge >= 0.3 is 5.97 Å². The van der Waals surface area contributed by atoms with Crippen molar-refractivity contribution in [1.82, 2.24) is 9.36 Å². The predicted octanol–water partition coefficient (Wildman–Crippen LogP) is 1.89. The van der Waals surface area contributed by atoms with Crippen molar-refractivity contribution in [2.75, 3.05) is 11.4 Å². The van der Waals surface area contributed by atoms with Crippen LogP contribution in [0.1, 0.15) is 39.4 Å². The van der Waals surface area contributed by atoms with E-state index in [0.29, 0.717) is 6.42 Å². The van der Waals surface area contributed by atoms with Crippen molar-refractivity contribution in [2.24, 2.45) is 0 Å². The van der Waals surface area contributed by atoms with E-state index < -0.39 is 12.0 Å². The fourth-order valence-corrected chi connectivity index (χ4v) is 2.82. The minimum Gasteiger partial charge on any atom is -0.480 e. The van der Waals surface area contributed by atoms with Crippen molar-refractivity contribution in [3.63, 3.8) is 0 Å². The lowest BCUT2D eigenvalue weighted by molar-refractivity contribution is -0.138. The summed E-state index contributed by atoms with van der Waals surface area (Å²) in [5.41, 5.74) is -0.0901. The van der Waals surface area contributed by atoms with Crippen molar-refractivity contribution < 1.29 is 9.90 Å². The Morgan fingerprint density at radius 3 is 2.76 bits per heavy atom. The Hall–Kier alpha value is -1.17. The van der Waals surface area contributed by atoms with Crippen LogP contribution >= 0.6 is 11.5 Å². The Morgan fingerprint density at radius 2 is 2.24 bits per heavy atom. The van der Waals surface area contributed by atoms with Gasteiger partial charge in [-0.05, 0) is 12.8 Å². The topological polar surface area (TPSA) is 66.3 Å². The number of aromatic nitrogens is 2. The Labute approximate surface area is 105 Å². The molecule has 0 saturated carbocycles. The van der Waals surface area contributed by atoms with E-state index in [-0.39, 0.29) is 5.41 Å². The van der Waals surface area contributed by atoms with Gasteiger partial charge in [0.2, 0.25) is 5.13 Å². The molecule has 2 rings (SSSR count). The van der Waals surface area contributed by atoms with E-state index in [9.17, 15) is 4.79 Å². The van der Waals surface area contributed by atoms with Gasteiger partial charge in [0.25, 0.3) is 0 Å². The van der Waals surface area contributed by atoms with E-state index in [1.165, 1.54) is 11.5 Å². The summed E-state index contributed by atoms with van der Waals surface area (Å²) in [6.07, 6.45) is 1.60. The van der Waals surface area contributed by atoms with Crippen LogP contribution in [0, 0.1) is 0 Å². The van der Waals surface area contributed by atoms with E-state index in [2.05, 4.69) is 30.1 Å². The highest BCUT2D eigenvalue weighted by Gasteiger charge is 2.33. The number of carboxylic acid groups (broad SMARTS) is 1. The van der Waals surface area contributed by atoms with Gasteiger partial charge in [0.15, 0.2) is 0 Å². The summed E-state index contributed by atoms with van der Waals surface area (Å²) >= 11 is 1.30. The molecule has 5 nitrogen and oxygen atoms in total. The molecule has 6 heteroatoms. The third-order valence-electron chi connectivity index (χ3n) is 2.87. The first kappa shape index (κ1) is 12.3. The zero-order valence-electron chi connectivity index (χ0n) is 10.3. The van der Waals surface area contributed by atoms with E-state index in [4.69, 9.17) is 5.11 Å². The predicted molar refractivity (Wildman–Crippen MR) is 66.6 cm³/mol. The number of anilines is 1. The van der Waals surface area contributed by atoms with E-state index in [1.807, 2.05) is 4.90 Å². The highest BCUT2D eigenvalue weighted by atomic mass is 32.1. The second-order valence-electron chi connectivity index (χ2n) is 5.34. The van der Waals surface area contributed by atoms with Gasteiger partial charge in [0, 0.05) is 23.5 Å². The maximum absolute atomic E-state index is 11.1. The molecule has 17 heavy (non-hydrogen) atoms. The van der Waals surface area contributed by atoms with Crippen LogP contribution in [0.2, 0.25) is 0 Å². The fourth-order valence-electron chi connectivity index (χ4n) is 1.89. The molecule has 2 heterocycles. The quantitative estimate of drug-likeness (QED) is 0.874. The summed E-state index contributed by atoms with van der Waals surface area (Å²) in [7, 11) is 0. The number of carbonyl (C=O) groups is 1. The highest BCUT2D eigenvalue weighted by molar-refractivity contribution is 7.09. The largest absolute Gasteiger partial charge is 0.480 e. The number of rotatable bonds is 2. The Morgan fingerprint density at radius 1 is 1.53 bits per heavy atom. The average molecular weight is 255 g/mol. The first-order valence-corrected chi connectivity index (χ1v) is 6.50. The van der Waals surface area contributed by atoms with Crippen LogP contribution < -0.4 is 4.90 Å². The molecule has 0 radical (unpaired) electrons. The molecule has 0 bridgehead atoms. The molecule has 1 aromatic heterocycles. The van der Waals surface area contributed by atoms with Gasteiger partial charge < -0.3 is 10.0 Å². The number of nitrogens with zero attached hydrogens (tertiary/aromatic N) is 3. The monoisotopic (exact) mass is 255 g/mol. The van der Waals surface area contributed by atoms with Gasteiger partial charge in [-0.3, -0.25) is 0 Å². The minimum atomic E-state index is -0.769. The molecule has 94 valence electrons. The maximum atomic E-state index is 11.1. The third-order valence-corrected chi connectivity index (χ3v) is 3.62. The lowest BCUT2D eigenvalue weighted by atomic mass is 9.96. The van der Waals surface area contributed by atoms with Crippen molar-refractivity contribution in [1.29, 1.82) is 0 Å². The second-order valence-corrected chi connectivity index (χ2v) is 6.07. The molecule has 1 N–H and O–H groups in total. The standard InChI is InChI=1S/C11H17N3O2S/c1-11(2,3)9-12-10(17-13-9)14-6-4-5-7(14)8(15)16/h7H,4-6H2,1-3H3,(H,15,16)/t7-/m0/s1. The number of hydrogen-bond donors (Lipinski definition) is 1. The number of carboxylic acids is 1. The molecule has 0 aliphatic carbocycles.